The molecular formula is C12H14O3S. The van der Waals surface area contributed by atoms with Gasteiger partial charge in [-0.05, 0) is 12.5 Å². The van der Waals surface area contributed by atoms with Crippen molar-refractivity contribution in [3.8, 4) is 0 Å². The summed E-state index contributed by atoms with van der Waals surface area (Å²) < 4.78 is 5.03. The Balaban J connectivity index is 2.43. The number of carbonyl (C=O) groups is 1. The molecule has 0 saturated carbocycles. The van der Waals surface area contributed by atoms with E-state index in [1.165, 1.54) is 0 Å². The molecule has 0 aliphatic carbocycles. The number of hydrogen-bond donors (Lipinski definition) is 1. The van der Waals surface area contributed by atoms with Crippen LogP contribution in [0.2, 0.25) is 0 Å². The molecule has 16 heavy (non-hydrogen) atoms. The second-order valence-corrected chi connectivity index (χ2v) is 5.23. The van der Waals surface area contributed by atoms with E-state index in [0.29, 0.717) is 12.2 Å². The van der Waals surface area contributed by atoms with Crippen molar-refractivity contribution in [3.63, 3.8) is 0 Å². The van der Waals surface area contributed by atoms with E-state index in [2.05, 4.69) is 0 Å². The zero-order chi connectivity index (χ0) is 11.6. The zero-order valence-electron chi connectivity index (χ0n) is 9.05. The molecule has 4 heteroatoms. The molecule has 0 amide bonds. The summed E-state index contributed by atoms with van der Waals surface area (Å²) in [5.74, 6) is 0.179. The van der Waals surface area contributed by atoms with Gasteiger partial charge in [0.25, 0.3) is 0 Å². The molecule has 1 aliphatic rings. The van der Waals surface area contributed by atoms with Gasteiger partial charge in [0, 0.05) is 11.0 Å². The Kier molecular flexibility index (Phi) is 3.21. The van der Waals surface area contributed by atoms with Crippen molar-refractivity contribution in [2.24, 2.45) is 0 Å². The Morgan fingerprint density at radius 3 is 2.81 bits per heavy atom. The minimum Gasteiger partial charge on any atom is -0.462 e. The molecule has 1 fully saturated rings. The predicted octanol–water partition coefficient (Wildman–Crippen LogP) is 1.55. The Bertz CT molecular complexity index is 379. The normalized spacial score (nSPS) is 30.6. The highest BCUT2D eigenvalue weighted by atomic mass is 32.2. The van der Waals surface area contributed by atoms with Gasteiger partial charge < -0.3 is 9.84 Å². The number of rotatable bonds is 1. The van der Waals surface area contributed by atoms with E-state index in [-0.39, 0.29) is 5.25 Å². The SMILES string of the molecule is C[C@@H]1SCCOC(=O)[C@@]1(O)c1ccccc1. The molecule has 1 aromatic rings. The van der Waals surface area contributed by atoms with Gasteiger partial charge in [-0.1, -0.05) is 30.3 Å². The van der Waals surface area contributed by atoms with Crippen molar-refractivity contribution in [1.29, 1.82) is 0 Å². The van der Waals surface area contributed by atoms with E-state index < -0.39 is 11.6 Å². The first-order chi connectivity index (χ1) is 7.65. The summed E-state index contributed by atoms with van der Waals surface area (Å²) in [6.07, 6.45) is 0. The predicted molar refractivity (Wildman–Crippen MR) is 63.2 cm³/mol. The van der Waals surface area contributed by atoms with Crippen molar-refractivity contribution < 1.29 is 14.6 Å². The maximum Gasteiger partial charge on any atom is 0.344 e. The highest BCUT2D eigenvalue weighted by molar-refractivity contribution is 8.00. The van der Waals surface area contributed by atoms with Crippen LogP contribution in [-0.4, -0.2) is 28.7 Å². The molecule has 2 atom stereocenters. The molecule has 2 rings (SSSR count). The summed E-state index contributed by atoms with van der Waals surface area (Å²) in [6, 6.07) is 8.98. The van der Waals surface area contributed by atoms with E-state index in [4.69, 9.17) is 4.74 Å². The van der Waals surface area contributed by atoms with Crippen LogP contribution in [-0.2, 0) is 15.1 Å². The van der Waals surface area contributed by atoms with Crippen LogP contribution in [0.3, 0.4) is 0 Å². The largest absolute Gasteiger partial charge is 0.462 e. The van der Waals surface area contributed by atoms with Gasteiger partial charge in [0.15, 0.2) is 5.60 Å². The maximum absolute atomic E-state index is 11.9. The number of benzene rings is 1. The Labute approximate surface area is 98.8 Å². The second kappa shape index (κ2) is 4.47. The van der Waals surface area contributed by atoms with E-state index in [1.807, 2.05) is 25.1 Å². The molecule has 1 heterocycles. The summed E-state index contributed by atoms with van der Waals surface area (Å²) in [7, 11) is 0. The minimum atomic E-state index is -1.53. The average molecular weight is 238 g/mol. The quantitative estimate of drug-likeness (QED) is 0.754. The number of aliphatic hydroxyl groups is 1. The monoisotopic (exact) mass is 238 g/mol. The first kappa shape index (κ1) is 11.5. The molecular weight excluding hydrogens is 224 g/mol. The molecule has 86 valence electrons. The van der Waals surface area contributed by atoms with Gasteiger partial charge in [-0.15, -0.1) is 0 Å². The van der Waals surface area contributed by atoms with Gasteiger partial charge >= 0.3 is 5.97 Å². The number of ether oxygens (including phenoxy) is 1. The lowest BCUT2D eigenvalue weighted by Gasteiger charge is -2.29. The fourth-order valence-corrected chi connectivity index (χ4v) is 2.81. The lowest BCUT2D eigenvalue weighted by molar-refractivity contribution is -0.165. The van der Waals surface area contributed by atoms with Gasteiger partial charge in [0.05, 0.1) is 0 Å². The first-order valence-electron chi connectivity index (χ1n) is 5.22. The molecule has 0 aromatic heterocycles. The molecule has 3 nitrogen and oxygen atoms in total. The summed E-state index contributed by atoms with van der Waals surface area (Å²) in [5, 5.41) is 10.4. The van der Waals surface area contributed by atoms with E-state index in [0.717, 1.165) is 5.75 Å². The second-order valence-electron chi connectivity index (χ2n) is 3.78. The van der Waals surface area contributed by atoms with Crippen molar-refractivity contribution in [2.45, 2.75) is 17.8 Å². The van der Waals surface area contributed by atoms with Crippen LogP contribution in [0, 0.1) is 0 Å². The highest BCUT2D eigenvalue weighted by Gasteiger charge is 2.46. The van der Waals surface area contributed by atoms with Gasteiger partial charge in [-0.25, -0.2) is 4.79 Å². The third-order valence-corrected chi connectivity index (χ3v) is 4.04. The van der Waals surface area contributed by atoms with E-state index in [9.17, 15) is 9.90 Å². The number of hydrogen-bond acceptors (Lipinski definition) is 4. The molecule has 0 radical (unpaired) electrons. The summed E-state index contributed by atoms with van der Waals surface area (Å²) in [4.78, 5) is 11.9. The van der Waals surface area contributed by atoms with Gasteiger partial charge in [0.1, 0.15) is 6.61 Å². The third kappa shape index (κ3) is 1.83. The Morgan fingerprint density at radius 1 is 1.44 bits per heavy atom. The van der Waals surface area contributed by atoms with Crippen LogP contribution in [0.15, 0.2) is 30.3 Å². The van der Waals surface area contributed by atoms with Gasteiger partial charge in [-0.2, -0.15) is 11.8 Å². The Morgan fingerprint density at radius 2 is 2.12 bits per heavy atom. The van der Waals surface area contributed by atoms with Crippen LogP contribution in [0.4, 0.5) is 0 Å². The molecule has 1 aliphatic heterocycles. The summed E-state index contributed by atoms with van der Waals surface area (Å²) >= 11 is 1.55. The molecule has 0 unspecified atom stereocenters. The van der Waals surface area contributed by atoms with E-state index >= 15 is 0 Å². The van der Waals surface area contributed by atoms with Crippen LogP contribution >= 0.6 is 11.8 Å². The van der Waals surface area contributed by atoms with Gasteiger partial charge in [0.2, 0.25) is 0 Å². The highest BCUT2D eigenvalue weighted by Crippen LogP contribution is 2.35. The van der Waals surface area contributed by atoms with Crippen LogP contribution in [0.1, 0.15) is 12.5 Å². The van der Waals surface area contributed by atoms with Crippen LogP contribution in [0.5, 0.6) is 0 Å². The topological polar surface area (TPSA) is 46.5 Å². The average Bonchev–Trinajstić information content (AvgIpc) is 2.45. The van der Waals surface area contributed by atoms with Crippen molar-refractivity contribution >= 4 is 17.7 Å². The van der Waals surface area contributed by atoms with Crippen molar-refractivity contribution in [2.75, 3.05) is 12.4 Å². The van der Waals surface area contributed by atoms with Crippen molar-refractivity contribution in [3.05, 3.63) is 35.9 Å². The van der Waals surface area contributed by atoms with Crippen molar-refractivity contribution in [1.82, 2.24) is 0 Å². The summed E-state index contributed by atoms with van der Waals surface area (Å²) in [6.45, 7) is 2.22. The fraction of sp³-hybridized carbons (Fsp3) is 0.417. The minimum absolute atomic E-state index is 0.204. The van der Waals surface area contributed by atoms with Gasteiger partial charge in [-0.3, -0.25) is 0 Å². The number of cyclic esters (lactones) is 1. The molecule has 1 N–H and O–H groups in total. The molecule has 1 aromatic carbocycles. The van der Waals surface area contributed by atoms with E-state index in [1.54, 1.807) is 23.9 Å². The number of esters is 1. The number of thioether (sulfide) groups is 1. The fourth-order valence-electron chi connectivity index (χ4n) is 1.80. The molecule has 1 saturated heterocycles. The lowest BCUT2D eigenvalue weighted by Crippen LogP contribution is -2.43. The molecule has 0 bridgehead atoms. The zero-order valence-corrected chi connectivity index (χ0v) is 9.87. The third-order valence-electron chi connectivity index (χ3n) is 2.80. The van der Waals surface area contributed by atoms with Crippen LogP contribution in [0.25, 0.3) is 0 Å². The molecule has 0 spiro atoms. The smallest absolute Gasteiger partial charge is 0.344 e. The lowest BCUT2D eigenvalue weighted by atomic mass is 9.91. The van der Waals surface area contributed by atoms with Crippen LogP contribution < -0.4 is 0 Å². The number of carbonyl (C=O) groups excluding carboxylic acids is 1. The first-order valence-corrected chi connectivity index (χ1v) is 6.27. The standard InChI is InChI=1S/C12H14O3S/c1-9-12(14,10-5-3-2-4-6-10)11(13)15-7-8-16-9/h2-6,9,14H,7-8H2,1H3/t9-,12-/m0/s1. The summed E-state index contributed by atoms with van der Waals surface area (Å²) in [5.41, 5.74) is -0.926. The Hall–Kier alpha value is -1.00. The maximum atomic E-state index is 11.9.